The number of aryl methyl sites for hydroxylation is 1. The van der Waals surface area contributed by atoms with Crippen LogP contribution in [0.1, 0.15) is 37.8 Å². The quantitative estimate of drug-likeness (QED) is 0.640. The van der Waals surface area contributed by atoms with Crippen molar-refractivity contribution in [2.75, 3.05) is 50.7 Å². The molecule has 0 radical (unpaired) electrons. The Bertz CT molecular complexity index is 1140. The number of likely N-dealkylation sites (tertiary alicyclic amines) is 1. The molecule has 1 aromatic carbocycles. The van der Waals surface area contributed by atoms with Crippen molar-refractivity contribution in [1.29, 1.82) is 0 Å². The molecule has 0 bridgehead atoms. The van der Waals surface area contributed by atoms with Gasteiger partial charge in [-0.3, -0.25) is 24.5 Å². The van der Waals surface area contributed by atoms with Crippen molar-refractivity contribution in [3.63, 3.8) is 0 Å². The Balaban J connectivity index is 1.27. The van der Waals surface area contributed by atoms with E-state index in [-0.39, 0.29) is 11.8 Å². The number of para-hydroxylation sites is 1. The summed E-state index contributed by atoms with van der Waals surface area (Å²) in [4.78, 5) is 41.8. The van der Waals surface area contributed by atoms with Crippen LogP contribution in [-0.4, -0.2) is 88.4 Å². The highest BCUT2D eigenvalue weighted by molar-refractivity contribution is 6.03. The second-order valence-corrected chi connectivity index (χ2v) is 10.2. The zero-order chi connectivity index (χ0) is 24.7. The van der Waals surface area contributed by atoms with Gasteiger partial charge < -0.3 is 14.9 Å². The molecule has 2 aromatic rings. The van der Waals surface area contributed by atoms with Crippen molar-refractivity contribution in [3.05, 3.63) is 23.9 Å². The third kappa shape index (κ3) is 4.59. The molecule has 35 heavy (non-hydrogen) atoms. The highest BCUT2D eigenvalue weighted by Gasteiger charge is 2.33. The summed E-state index contributed by atoms with van der Waals surface area (Å²) in [6.07, 6.45) is 0.938. The van der Waals surface area contributed by atoms with Crippen LogP contribution in [0.25, 0.3) is 10.9 Å². The Kier molecular flexibility index (Phi) is 6.39. The number of imide groups is 1. The van der Waals surface area contributed by atoms with Gasteiger partial charge in [0.1, 0.15) is 0 Å². The fourth-order valence-electron chi connectivity index (χ4n) is 5.95. The van der Waals surface area contributed by atoms with Crippen molar-refractivity contribution < 1.29 is 19.5 Å². The van der Waals surface area contributed by atoms with E-state index in [4.69, 9.17) is 5.10 Å². The first kappa shape index (κ1) is 23.6. The van der Waals surface area contributed by atoms with E-state index >= 15 is 0 Å². The normalized spacial score (nSPS) is 26.3. The smallest absolute Gasteiger partial charge is 0.407 e. The largest absolute Gasteiger partial charge is 0.465 e. The van der Waals surface area contributed by atoms with Gasteiger partial charge in [0.05, 0.1) is 22.8 Å². The molecular formula is C25H34N6O4. The number of hydrogen-bond acceptors (Lipinski definition) is 6. The second kappa shape index (κ2) is 9.49. The summed E-state index contributed by atoms with van der Waals surface area (Å²) in [5, 5.41) is 17.4. The van der Waals surface area contributed by atoms with Crippen molar-refractivity contribution in [3.8, 4) is 0 Å². The van der Waals surface area contributed by atoms with Crippen molar-refractivity contribution in [2.45, 2.75) is 32.1 Å². The van der Waals surface area contributed by atoms with Crippen LogP contribution in [0.4, 0.5) is 10.5 Å². The number of piperazine rings is 1. The molecule has 3 fully saturated rings. The lowest BCUT2D eigenvalue weighted by atomic mass is 9.86. The van der Waals surface area contributed by atoms with Crippen molar-refractivity contribution >= 4 is 34.5 Å². The molecule has 0 aliphatic carbocycles. The maximum absolute atomic E-state index is 12.5. The number of carbonyl (C=O) groups is 3. The van der Waals surface area contributed by atoms with E-state index in [1.165, 1.54) is 4.90 Å². The highest BCUT2D eigenvalue weighted by Crippen LogP contribution is 2.35. The van der Waals surface area contributed by atoms with Crippen molar-refractivity contribution in [1.82, 2.24) is 24.9 Å². The summed E-state index contributed by atoms with van der Waals surface area (Å²) in [6.45, 7) is 8.15. The van der Waals surface area contributed by atoms with E-state index in [0.717, 1.165) is 61.4 Å². The average Bonchev–Trinajstić information content (AvgIpc) is 3.17. The minimum Gasteiger partial charge on any atom is -0.465 e. The van der Waals surface area contributed by atoms with Gasteiger partial charge in [0, 0.05) is 64.7 Å². The van der Waals surface area contributed by atoms with E-state index in [0.29, 0.717) is 37.8 Å². The first-order valence-electron chi connectivity index (χ1n) is 12.6. The maximum atomic E-state index is 12.5. The second-order valence-electron chi connectivity index (χ2n) is 10.2. The van der Waals surface area contributed by atoms with Gasteiger partial charge in [-0.2, -0.15) is 5.10 Å². The Morgan fingerprint density at radius 1 is 1.14 bits per heavy atom. The number of hydrogen-bond donors (Lipinski definition) is 2. The third-order valence-corrected chi connectivity index (χ3v) is 8.00. The van der Waals surface area contributed by atoms with Crippen LogP contribution in [0, 0.1) is 11.8 Å². The number of aromatic nitrogens is 2. The number of nitrogens with one attached hydrogen (secondary N) is 1. The highest BCUT2D eigenvalue weighted by atomic mass is 16.4. The molecule has 3 amide bonds. The van der Waals surface area contributed by atoms with Gasteiger partial charge in [0.15, 0.2) is 0 Å². The molecule has 2 N–H and O–H groups in total. The number of nitrogens with zero attached hydrogens (tertiary/aromatic N) is 5. The molecule has 3 aliphatic heterocycles. The van der Waals surface area contributed by atoms with Crippen LogP contribution in [-0.2, 0) is 16.6 Å². The standard InChI is InChI=1S/C25H34N6O4/c1-16-14-31(25(34)35)9-8-17(16)15-29-10-12-30(13-11-29)20-5-3-4-18-22(27-28(2)23(18)20)19-6-7-21(32)26-24(19)33/h3-5,16-17,19H,6-15H2,1-2H3,(H,34,35)(H,26,32,33)/t16-,17-,19?/m0/s1. The first-order chi connectivity index (χ1) is 16.8. The summed E-state index contributed by atoms with van der Waals surface area (Å²) >= 11 is 0. The van der Waals surface area contributed by atoms with Crippen LogP contribution >= 0.6 is 0 Å². The number of anilines is 1. The van der Waals surface area contributed by atoms with E-state index in [1.807, 2.05) is 23.9 Å². The molecule has 3 atom stereocenters. The molecule has 10 nitrogen and oxygen atoms in total. The Morgan fingerprint density at radius 2 is 1.91 bits per heavy atom. The monoisotopic (exact) mass is 482 g/mol. The summed E-state index contributed by atoms with van der Waals surface area (Å²) < 4.78 is 1.87. The maximum Gasteiger partial charge on any atom is 0.407 e. The zero-order valence-electron chi connectivity index (χ0n) is 20.4. The Hall–Kier alpha value is -3.14. The zero-order valence-corrected chi connectivity index (χ0v) is 20.4. The number of rotatable bonds is 4. The van der Waals surface area contributed by atoms with Gasteiger partial charge in [-0.25, -0.2) is 4.79 Å². The number of piperidine rings is 2. The lowest BCUT2D eigenvalue weighted by molar-refractivity contribution is -0.134. The number of benzene rings is 1. The number of amides is 3. The number of carboxylic acid groups (broad SMARTS) is 1. The van der Waals surface area contributed by atoms with Gasteiger partial charge in [0.2, 0.25) is 11.8 Å². The Labute approximate surface area is 204 Å². The molecule has 4 heterocycles. The van der Waals surface area contributed by atoms with Gasteiger partial charge in [-0.1, -0.05) is 19.1 Å². The molecule has 0 saturated carbocycles. The predicted molar refractivity (Wildman–Crippen MR) is 131 cm³/mol. The summed E-state index contributed by atoms with van der Waals surface area (Å²) in [7, 11) is 1.92. The predicted octanol–water partition coefficient (Wildman–Crippen LogP) is 1.85. The fraction of sp³-hybridized carbons (Fsp3) is 0.600. The Morgan fingerprint density at radius 3 is 2.60 bits per heavy atom. The molecule has 1 aromatic heterocycles. The average molecular weight is 483 g/mol. The minimum atomic E-state index is -0.811. The van der Waals surface area contributed by atoms with Crippen LogP contribution in [0.5, 0.6) is 0 Å². The molecule has 1 unspecified atom stereocenters. The van der Waals surface area contributed by atoms with E-state index in [1.54, 1.807) is 0 Å². The van der Waals surface area contributed by atoms with Crippen LogP contribution in [0.15, 0.2) is 18.2 Å². The minimum absolute atomic E-state index is 0.216. The molecule has 188 valence electrons. The number of fused-ring (bicyclic) bond motifs is 1. The molecule has 5 rings (SSSR count). The van der Waals surface area contributed by atoms with E-state index in [2.05, 4.69) is 28.1 Å². The van der Waals surface area contributed by atoms with Crippen LogP contribution in [0.2, 0.25) is 0 Å². The molecule has 3 saturated heterocycles. The third-order valence-electron chi connectivity index (χ3n) is 8.00. The number of carbonyl (C=O) groups excluding carboxylic acids is 2. The van der Waals surface area contributed by atoms with E-state index < -0.39 is 12.0 Å². The van der Waals surface area contributed by atoms with Gasteiger partial charge in [0.25, 0.3) is 0 Å². The van der Waals surface area contributed by atoms with Gasteiger partial charge in [-0.15, -0.1) is 0 Å². The fourth-order valence-corrected chi connectivity index (χ4v) is 5.95. The summed E-state index contributed by atoms with van der Waals surface area (Å²) in [5.41, 5.74) is 2.89. The summed E-state index contributed by atoms with van der Waals surface area (Å²) in [5.74, 6) is 0.00843. The van der Waals surface area contributed by atoms with Crippen LogP contribution < -0.4 is 10.2 Å². The first-order valence-corrected chi connectivity index (χ1v) is 12.6. The molecule has 0 spiro atoms. The van der Waals surface area contributed by atoms with Gasteiger partial charge >= 0.3 is 6.09 Å². The lowest BCUT2D eigenvalue weighted by Crippen LogP contribution is -2.51. The SMILES string of the molecule is C[C@H]1CN(C(=O)O)CC[C@H]1CN1CCN(c2cccc3c(C4CCC(=O)NC4=O)nn(C)c23)CC1. The van der Waals surface area contributed by atoms with Crippen LogP contribution in [0.3, 0.4) is 0 Å². The lowest BCUT2D eigenvalue weighted by Gasteiger charge is -2.41. The topological polar surface area (TPSA) is 111 Å². The molecule has 10 heteroatoms. The molecule has 3 aliphatic rings. The summed E-state index contributed by atoms with van der Waals surface area (Å²) in [6, 6.07) is 6.17. The van der Waals surface area contributed by atoms with Gasteiger partial charge in [-0.05, 0) is 30.7 Å². The van der Waals surface area contributed by atoms with Crippen molar-refractivity contribution in [2.24, 2.45) is 18.9 Å². The van der Waals surface area contributed by atoms with E-state index in [9.17, 15) is 19.5 Å². The molecular weight excluding hydrogens is 448 g/mol.